The third-order valence-electron chi connectivity index (χ3n) is 4.51. The largest absolute Gasteiger partial charge is 0.493 e. The van der Waals surface area contributed by atoms with Crippen LogP contribution in [0.2, 0.25) is 0 Å². The summed E-state index contributed by atoms with van der Waals surface area (Å²) in [6.07, 6.45) is 3.68. The van der Waals surface area contributed by atoms with Crippen molar-refractivity contribution in [3.63, 3.8) is 0 Å². The summed E-state index contributed by atoms with van der Waals surface area (Å²) in [5, 5.41) is 18.8. The standard InChI is InChI=1S/C19H23N3O4/c1-2-26-17-6-5-14(10-15(17)18(24)25)16-7-8-20-19(21-16)22-9-3-4-13(11-22)12-23/h5-8,10,13,23H,2-4,9,11-12H2,1H3,(H,24,25)/t13-/m0/s1. The molecule has 1 aromatic carbocycles. The van der Waals surface area contributed by atoms with Gasteiger partial charge in [0, 0.05) is 31.5 Å². The molecule has 0 aliphatic carbocycles. The zero-order valence-corrected chi connectivity index (χ0v) is 14.8. The predicted molar refractivity (Wildman–Crippen MR) is 97.6 cm³/mol. The molecule has 7 heteroatoms. The summed E-state index contributed by atoms with van der Waals surface area (Å²) in [5.74, 6) is 0.151. The lowest BCUT2D eigenvalue weighted by Gasteiger charge is -2.31. The number of anilines is 1. The number of hydrogen-bond acceptors (Lipinski definition) is 6. The van der Waals surface area contributed by atoms with Crippen molar-refractivity contribution in [2.45, 2.75) is 19.8 Å². The zero-order valence-electron chi connectivity index (χ0n) is 14.8. The van der Waals surface area contributed by atoms with Gasteiger partial charge in [-0.3, -0.25) is 0 Å². The molecule has 2 heterocycles. The maximum atomic E-state index is 11.5. The van der Waals surface area contributed by atoms with Crippen LogP contribution in [0.1, 0.15) is 30.1 Å². The third kappa shape index (κ3) is 3.94. The second-order valence-electron chi connectivity index (χ2n) is 6.33. The molecule has 0 saturated carbocycles. The van der Waals surface area contributed by atoms with Crippen LogP contribution < -0.4 is 9.64 Å². The van der Waals surface area contributed by atoms with Crippen molar-refractivity contribution in [2.75, 3.05) is 31.2 Å². The maximum Gasteiger partial charge on any atom is 0.339 e. The SMILES string of the molecule is CCOc1ccc(-c2ccnc(N3CCC[C@H](CO)C3)n2)cc1C(=O)O. The van der Waals surface area contributed by atoms with Crippen molar-refractivity contribution in [1.29, 1.82) is 0 Å². The Morgan fingerprint density at radius 1 is 1.38 bits per heavy atom. The molecule has 1 aromatic heterocycles. The Balaban J connectivity index is 1.90. The summed E-state index contributed by atoms with van der Waals surface area (Å²) < 4.78 is 5.39. The summed E-state index contributed by atoms with van der Waals surface area (Å²) in [6.45, 7) is 3.96. The van der Waals surface area contributed by atoms with Gasteiger partial charge in [-0.2, -0.15) is 0 Å². The Morgan fingerprint density at radius 2 is 2.23 bits per heavy atom. The first-order chi connectivity index (χ1) is 12.6. The number of aliphatic hydroxyl groups excluding tert-OH is 1. The van der Waals surface area contributed by atoms with Crippen LogP contribution in [0.4, 0.5) is 5.95 Å². The maximum absolute atomic E-state index is 11.5. The number of nitrogens with zero attached hydrogens (tertiary/aromatic N) is 3. The van der Waals surface area contributed by atoms with E-state index >= 15 is 0 Å². The number of hydrogen-bond donors (Lipinski definition) is 2. The second kappa shape index (κ2) is 8.14. The number of aliphatic hydroxyl groups is 1. The van der Waals surface area contributed by atoms with E-state index in [2.05, 4.69) is 14.9 Å². The molecule has 1 aliphatic heterocycles. The van der Waals surface area contributed by atoms with Gasteiger partial charge in [0.15, 0.2) is 0 Å². The van der Waals surface area contributed by atoms with Crippen LogP contribution in [0.25, 0.3) is 11.3 Å². The number of carboxylic acids is 1. The molecule has 1 aliphatic rings. The number of carbonyl (C=O) groups is 1. The topological polar surface area (TPSA) is 95.8 Å². The molecule has 26 heavy (non-hydrogen) atoms. The van der Waals surface area contributed by atoms with Gasteiger partial charge in [0.05, 0.1) is 12.3 Å². The van der Waals surface area contributed by atoms with Crippen molar-refractivity contribution >= 4 is 11.9 Å². The number of aromatic carboxylic acids is 1. The highest BCUT2D eigenvalue weighted by Crippen LogP contribution is 2.27. The van der Waals surface area contributed by atoms with E-state index in [0.29, 0.717) is 29.6 Å². The normalized spacial score (nSPS) is 17.2. The van der Waals surface area contributed by atoms with Crippen LogP contribution in [-0.2, 0) is 0 Å². The van der Waals surface area contributed by atoms with Gasteiger partial charge < -0.3 is 19.8 Å². The van der Waals surface area contributed by atoms with Gasteiger partial charge in [-0.1, -0.05) is 0 Å². The number of aromatic nitrogens is 2. The average Bonchev–Trinajstić information content (AvgIpc) is 2.68. The fourth-order valence-corrected chi connectivity index (χ4v) is 3.20. The average molecular weight is 357 g/mol. The van der Waals surface area contributed by atoms with Crippen molar-refractivity contribution < 1.29 is 19.7 Å². The Kier molecular flexibility index (Phi) is 5.68. The Labute approximate surface area is 152 Å². The smallest absolute Gasteiger partial charge is 0.339 e. The summed E-state index contributed by atoms with van der Waals surface area (Å²) in [7, 11) is 0. The molecule has 0 bridgehead atoms. The molecule has 1 atom stereocenters. The molecule has 0 amide bonds. The first kappa shape index (κ1) is 18.1. The van der Waals surface area contributed by atoms with Crippen molar-refractivity contribution in [2.24, 2.45) is 5.92 Å². The molecular weight excluding hydrogens is 334 g/mol. The lowest BCUT2D eigenvalue weighted by atomic mass is 9.99. The van der Waals surface area contributed by atoms with Crippen LogP contribution in [0.3, 0.4) is 0 Å². The number of ether oxygens (including phenoxy) is 1. The van der Waals surface area contributed by atoms with Crippen LogP contribution in [-0.4, -0.2) is 52.5 Å². The molecule has 1 saturated heterocycles. The van der Waals surface area contributed by atoms with Crippen molar-refractivity contribution in [3.05, 3.63) is 36.0 Å². The summed E-state index contributed by atoms with van der Waals surface area (Å²) in [6, 6.07) is 6.80. The molecule has 7 nitrogen and oxygen atoms in total. The third-order valence-corrected chi connectivity index (χ3v) is 4.51. The van der Waals surface area contributed by atoms with Crippen LogP contribution in [0.5, 0.6) is 5.75 Å². The van der Waals surface area contributed by atoms with Gasteiger partial charge in [-0.25, -0.2) is 14.8 Å². The van der Waals surface area contributed by atoms with Crippen molar-refractivity contribution in [3.8, 4) is 17.0 Å². The van der Waals surface area contributed by atoms with E-state index in [1.807, 2.05) is 6.92 Å². The van der Waals surface area contributed by atoms with Gasteiger partial charge in [0.2, 0.25) is 5.95 Å². The molecule has 0 spiro atoms. The Hall–Kier alpha value is -2.67. The van der Waals surface area contributed by atoms with Gasteiger partial charge in [0.25, 0.3) is 0 Å². The summed E-state index contributed by atoms with van der Waals surface area (Å²) in [5.41, 5.74) is 1.47. The minimum Gasteiger partial charge on any atom is -0.493 e. The Morgan fingerprint density at radius 3 is 2.96 bits per heavy atom. The monoisotopic (exact) mass is 357 g/mol. The second-order valence-corrected chi connectivity index (χ2v) is 6.33. The van der Waals surface area contributed by atoms with Gasteiger partial charge >= 0.3 is 5.97 Å². The van der Waals surface area contributed by atoms with E-state index in [4.69, 9.17) is 4.74 Å². The zero-order chi connectivity index (χ0) is 18.5. The van der Waals surface area contributed by atoms with Gasteiger partial charge in [-0.05, 0) is 49.9 Å². The van der Waals surface area contributed by atoms with E-state index < -0.39 is 5.97 Å². The molecule has 3 rings (SSSR count). The lowest BCUT2D eigenvalue weighted by Crippen LogP contribution is -2.37. The van der Waals surface area contributed by atoms with Gasteiger partial charge in [0.1, 0.15) is 11.3 Å². The first-order valence-corrected chi connectivity index (χ1v) is 8.81. The summed E-state index contributed by atoms with van der Waals surface area (Å²) >= 11 is 0. The molecular formula is C19H23N3O4. The van der Waals surface area contributed by atoms with Crippen molar-refractivity contribution in [1.82, 2.24) is 9.97 Å². The van der Waals surface area contributed by atoms with Crippen LogP contribution in [0.15, 0.2) is 30.5 Å². The highest BCUT2D eigenvalue weighted by molar-refractivity contribution is 5.92. The molecule has 2 N–H and O–H groups in total. The van der Waals surface area contributed by atoms with E-state index in [0.717, 1.165) is 25.9 Å². The van der Waals surface area contributed by atoms with Crippen LogP contribution >= 0.6 is 0 Å². The molecule has 0 radical (unpaired) electrons. The molecule has 1 fully saturated rings. The molecule has 138 valence electrons. The first-order valence-electron chi connectivity index (χ1n) is 8.81. The predicted octanol–water partition coefficient (Wildman–Crippen LogP) is 2.45. The number of carboxylic acid groups (broad SMARTS) is 1. The molecule has 2 aromatic rings. The van der Waals surface area contributed by atoms with E-state index in [1.54, 1.807) is 30.5 Å². The molecule has 0 unspecified atom stereocenters. The quantitative estimate of drug-likeness (QED) is 0.820. The minimum atomic E-state index is -1.04. The van der Waals surface area contributed by atoms with E-state index in [1.165, 1.54) is 0 Å². The van der Waals surface area contributed by atoms with Gasteiger partial charge in [-0.15, -0.1) is 0 Å². The minimum absolute atomic E-state index is 0.114. The van der Waals surface area contributed by atoms with E-state index in [9.17, 15) is 15.0 Å². The van der Waals surface area contributed by atoms with Crippen LogP contribution in [0, 0.1) is 5.92 Å². The van der Waals surface area contributed by atoms with E-state index in [-0.39, 0.29) is 18.1 Å². The number of benzene rings is 1. The fraction of sp³-hybridized carbons (Fsp3) is 0.421. The highest BCUT2D eigenvalue weighted by atomic mass is 16.5. The Bertz CT molecular complexity index is 781. The summed E-state index contributed by atoms with van der Waals surface area (Å²) in [4.78, 5) is 22.6. The lowest BCUT2D eigenvalue weighted by molar-refractivity contribution is 0.0692. The number of rotatable bonds is 6. The number of piperidine rings is 1. The fourth-order valence-electron chi connectivity index (χ4n) is 3.20. The highest BCUT2D eigenvalue weighted by Gasteiger charge is 2.21.